The van der Waals surface area contributed by atoms with E-state index in [-0.39, 0.29) is 12.1 Å². The molecule has 25 heavy (non-hydrogen) atoms. The fourth-order valence-corrected chi connectivity index (χ4v) is 3.19. The molecule has 1 aliphatic heterocycles. The summed E-state index contributed by atoms with van der Waals surface area (Å²) in [5.41, 5.74) is 1.77. The van der Waals surface area contributed by atoms with Crippen LogP contribution < -0.4 is 10.1 Å². The Bertz CT molecular complexity index is 760. The molecule has 1 N–H and O–H groups in total. The minimum Gasteiger partial charge on any atom is -0.492 e. The molecule has 6 nitrogen and oxygen atoms in total. The van der Waals surface area contributed by atoms with Gasteiger partial charge in [-0.25, -0.2) is 4.79 Å². The quantitative estimate of drug-likeness (QED) is 0.852. The Morgan fingerprint density at radius 3 is 2.84 bits per heavy atom. The second-order valence-electron chi connectivity index (χ2n) is 6.11. The first-order valence-corrected chi connectivity index (χ1v) is 8.47. The first-order chi connectivity index (χ1) is 12.2. The SMILES string of the molecule is Cn1cccc1[C@H]1CCCN1C(=O)NCCOc1ccc(C#N)cc1. The molecule has 0 aliphatic carbocycles. The van der Waals surface area contributed by atoms with Crippen LogP contribution in [0.25, 0.3) is 0 Å². The molecule has 1 aromatic heterocycles. The van der Waals surface area contributed by atoms with Crippen molar-refractivity contribution in [2.75, 3.05) is 19.7 Å². The van der Waals surface area contributed by atoms with Gasteiger partial charge < -0.3 is 19.5 Å². The topological polar surface area (TPSA) is 70.3 Å². The standard InChI is InChI=1S/C19H22N4O2/c1-22-11-2-4-17(22)18-5-3-12-23(18)19(24)21-10-13-25-16-8-6-15(14-20)7-9-16/h2,4,6-9,11,18H,3,5,10,12-13H2,1H3,(H,21,24)/t18-/m1/s1. The van der Waals surface area contributed by atoms with E-state index in [9.17, 15) is 4.79 Å². The Balaban J connectivity index is 1.47. The van der Waals surface area contributed by atoms with Crippen LogP contribution in [0, 0.1) is 11.3 Å². The van der Waals surface area contributed by atoms with Gasteiger partial charge in [0.25, 0.3) is 0 Å². The Morgan fingerprint density at radius 1 is 1.36 bits per heavy atom. The number of carbonyl (C=O) groups is 1. The van der Waals surface area contributed by atoms with Gasteiger partial charge in [-0.05, 0) is 49.2 Å². The molecule has 0 saturated carbocycles. The number of aromatic nitrogens is 1. The summed E-state index contributed by atoms with van der Waals surface area (Å²) in [6.45, 7) is 1.60. The molecule has 1 saturated heterocycles. The van der Waals surface area contributed by atoms with Gasteiger partial charge in [0.05, 0.1) is 24.2 Å². The van der Waals surface area contributed by atoms with Crippen LogP contribution in [0.5, 0.6) is 5.75 Å². The fourth-order valence-electron chi connectivity index (χ4n) is 3.19. The number of nitrogens with zero attached hydrogens (tertiary/aromatic N) is 3. The Hall–Kier alpha value is -2.94. The van der Waals surface area contributed by atoms with Crippen molar-refractivity contribution in [1.29, 1.82) is 5.26 Å². The molecule has 1 fully saturated rings. The number of amides is 2. The predicted octanol–water partition coefficient (Wildman–Crippen LogP) is 2.82. The van der Waals surface area contributed by atoms with Gasteiger partial charge in [0.15, 0.2) is 0 Å². The number of hydrogen-bond donors (Lipinski definition) is 1. The van der Waals surface area contributed by atoms with Gasteiger partial charge in [0.2, 0.25) is 0 Å². The van der Waals surface area contributed by atoms with Crippen LogP contribution in [0.3, 0.4) is 0 Å². The Morgan fingerprint density at radius 2 is 2.16 bits per heavy atom. The summed E-state index contributed by atoms with van der Waals surface area (Å²) >= 11 is 0. The van der Waals surface area contributed by atoms with E-state index in [4.69, 9.17) is 10.00 Å². The molecule has 2 amide bonds. The molecule has 0 spiro atoms. The monoisotopic (exact) mass is 338 g/mol. The Labute approximate surface area is 147 Å². The number of nitriles is 1. The molecule has 1 atom stereocenters. The van der Waals surface area contributed by atoms with Crippen molar-refractivity contribution in [2.24, 2.45) is 7.05 Å². The normalized spacial score (nSPS) is 16.5. The molecule has 6 heteroatoms. The van der Waals surface area contributed by atoms with E-state index in [1.54, 1.807) is 24.3 Å². The average Bonchev–Trinajstić information content (AvgIpc) is 3.27. The molecular formula is C19H22N4O2. The lowest BCUT2D eigenvalue weighted by Gasteiger charge is -2.25. The van der Waals surface area contributed by atoms with Crippen molar-refractivity contribution in [3.8, 4) is 11.8 Å². The van der Waals surface area contributed by atoms with Crippen molar-refractivity contribution in [3.63, 3.8) is 0 Å². The summed E-state index contributed by atoms with van der Waals surface area (Å²) < 4.78 is 7.66. The molecular weight excluding hydrogens is 316 g/mol. The molecule has 0 radical (unpaired) electrons. The smallest absolute Gasteiger partial charge is 0.318 e. The van der Waals surface area contributed by atoms with Gasteiger partial charge in [0, 0.05) is 25.5 Å². The number of likely N-dealkylation sites (tertiary alicyclic amines) is 1. The number of ether oxygens (including phenoxy) is 1. The second kappa shape index (κ2) is 7.75. The van der Waals surface area contributed by atoms with Crippen molar-refractivity contribution in [1.82, 2.24) is 14.8 Å². The van der Waals surface area contributed by atoms with E-state index in [0.717, 1.165) is 19.4 Å². The van der Waals surface area contributed by atoms with E-state index >= 15 is 0 Å². The van der Waals surface area contributed by atoms with Crippen molar-refractivity contribution < 1.29 is 9.53 Å². The highest BCUT2D eigenvalue weighted by Gasteiger charge is 2.31. The average molecular weight is 338 g/mol. The summed E-state index contributed by atoms with van der Waals surface area (Å²) in [4.78, 5) is 14.4. The van der Waals surface area contributed by atoms with Gasteiger partial charge in [-0.15, -0.1) is 0 Å². The summed E-state index contributed by atoms with van der Waals surface area (Å²) in [6.07, 6.45) is 4.02. The van der Waals surface area contributed by atoms with Crippen LogP contribution in [0.4, 0.5) is 4.79 Å². The molecule has 0 bridgehead atoms. The number of rotatable bonds is 5. The fraction of sp³-hybridized carbons (Fsp3) is 0.368. The van der Waals surface area contributed by atoms with Crippen LogP contribution in [0.1, 0.15) is 30.1 Å². The van der Waals surface area contributed by atoms with Gasteiger partial charge in [-0.2, -0.15) is 5.26 Å². The highest BCUT2D eigenvalue weighted by atomic mass is 16.5. The zero-order valence-electron chi connectivity index (χ0n) is 14.3. The van der Waals surface area contributed by atoms with Crippen molar-refractivity contribution in [2.45, 2.75) is 18.9 Å². The van der Waals surface area contributed by atoms with Crippen LogP contribution in [0.15, 0.2) is 42.6 Å². The van der Waals surface area contributed by atoms with Gasteiger partial charge in [-0.3, -0.25) is 0 Å². The second-order valence-corrected chi connectivity index (χ2v) is 6.11. The molecule has 0 unspecified atom stereocenters. The summed E-state index contributed by atoms with van der Waals surface area (Å²) in [5, 5.41) is 11.7. The van der Waals surface area contributed by atoms with E-state index in [1.807, 2.05) is 24.2 Å². The summed E-state index contributed by atoms with van der Waals surface area (Å²) in [5.74, 6) is 0.691. The van der Waals surface area contributed by atoms with E-state index in [2.05, 4.69) is 22.0 Å². The van der Waals surface area contributed by atoms with E-state index in [0.29, 0.717) is 24.5 Å². The van der Waals surface area contributed by atoms with Crippen LogP contribution >= 0.6 is 0 Å². The molecule has 130 valence electrons. The molecule has 3 rings (SSSR count). The maximum Gasteiger partial charge on any atom is 0.318 e. The first-order valence-electron chi connectivity index (χ1n) is 8.47. The minimum absolute atomic E-state index is 0.0490. The van der Waals surface area contributed by atoms with Crippen LogP contribution in [0.2, 0.25) is 0 Å². The molecule has 1 aromatic carbocycles. The maximum atomic E-state index is 12.5. The third-order valence-corrected chi connectivity index (χ3v) is 4.47. The largest absolute Gasteiger partial charge is 0.492 e. The van der Waals surface area contributed by atoms with E-state index < -0.39 is 0 Å². The molecule has 2 aromatic rings. The third kappa shape index (κ3) is 3.94. The predicted molar refractivity (Wildman–Crippen MR) is 94.1 cm³/mol. The van der Waals surface area contributed by atoms with Gasteiger partial charge in [-0.1, -0.05) is 0 Å². The Kier molecular flexibility index (Phi) is 5.24. The zero-order chi connectivity index (χ0) is 17.6. The number of nitrogens with one attached hydrogen (secondary N) is 1. The lowest BCUT2D eigenvalue weighted by Crippen LogP contribution is -2.41. The van der Waals surface area contributed by atoms with Crippen molar-refractivity contribution in [3.05, 3.63) is 53.9 Å². The highest BCUT2D eigenvalue weighted by Crippen LogP contribution is 2.31. The molecule has 1 aliphatic rings. The van der Waals surface area contributed by atoms with Gasteiger partial charge >= 0.3 is 6.03 Å². The number of aryl methyl sites for hydroxylation is 1. The number of benzene rings is 1. The van der Waals surface area contributed by atoms with Crippen molar-refractivity contribution >= 4 is 6.03 Å². The lowest BCUT2D eigenvalue weighted by molar-refractivity contribution is 0.188. The van der Waals surface area contributed by atoms with Crippen LogP contribution in [-0.2, 0) is 7.05 Å². The van der Waals surface area contributed by atoms with E-state index in [1.165, 1.54) is 5.69 Å². The molecule has 2 heterocycles. The summed E-state index contributed by atoms with van der Waals surface area (Å²) in [7, 11) is 2.01. The first kappa shape index (κ1) is 16.9. The number of urea groups is 1. The highest BCUT2D eigenvalue weighted by molar-refractivity contribution is 5.75. The zero-order valence-corrected chi connectivity index (χ0v) is 14.3. The maximum absolute atomic E-state index is 12.5. The minimum atomic E-state index is -0.0490. The van der Waals surface area contributed by atoms with Gasteiger partial charge in [0.1, 0.15) is 12.4 Å². The summed E-state index contributed by atoms with van der Waals surface area (Å²) in [6, 6.07) is 13.2. The number of carbonyl (C=O) groups excluding carboxylic acids is 1. The number of hydrogen-bond acceptors (Lipinski definition) is 3. The lowest BCUT2D eigenvalue weighted by atomic mass is 10.1. The van der Waals surface area contributed by atoms with Crippen LogP contribution in [-0.4, -0.2) is 35.2 Å². The third-order valence-electron chi connectivity index (χ3n) is 4.47.